The van der Waals surface area contributed by atoms with E-state index >= 15 is 0 Å². The number of ether oxygens (including phenoxy) is 1. The predicted molar refractivity (Wildman–Crippen MR) is 99.5 cm³/mol. The molecule has 2 amide bonds. The van der Waals surface area contributed by atoms with E-state index in [0.29, 0.717) is 37.2 Å². The van der Waals surface area contributed by atoms with Gasteiger partial charge >= 0.3 is 5.97 Å². The third kappa shape index (κ3) is 4.30. The van der Waals surface area contributed by atoms with Crippen molar-refractivity contribution < 1.29 is 24.2 Å². The first-order chi connectivity index (χ1) is 13.0. The van der Waals surface area contributed by atoms with Gasteiger partial charge in [0.1, 0.15) is 6.04 Å². The maximum absolute atomic E-state index is 12.8. The second-order valence-electron chi connectivity index (χ2n) is 7.41. The van der Waals surface area contributed by atoms with Crippen LogP contribution in [0.1, 0.15) is 48.9 Å². The molecule has 2 fully saturated rings. The van der Waals surface area contributed by atoms with Gasteiger partial charge in [0.25, 0.3) is 5.91 Å². The first kappa shape index (κ1) is 19.4. The Bertz CT molecular complexity index is 729. The Kier molecular flexibility index (Phi) is 5.79. The van der Waals surface area contributed by atoms with Crippen LogP contribution in [0.15, 0.2) is 24.3 Å². The topological polar surface area (TPSA) is 95.9 Å². The zero-order chi connectivity index (χ0) is 19.4. The quantitative estimate of drug-likeness (QED) is 0.765. The Hall–Kier alpha value is -2.41. The number of anilines is 1. The van der Waals surface area contributed by atoms with Gasteiger partial charge in [-0.2, -0.15) is 0 Å². The minimum Gasteiger partial charge on any atom is -0.480 e. The summed E-state index contributed by atoms with van der Waals surface area (Å²) in [6.45, 7) is 0.976. The molecule has 0 radical (unpaired) electrons. The molecular formula is C20H26N2O5. The lowest BCUT2D eigenvalue weighted by atomic mass is 10.0. The van der Waals surface area contributed by atoms with Gasteiger partial charge in [0, 0.05) is 31.5 Å². The van der Waals surface area contributed by atoms with Gasteiger partial charge in [0.05, 0.1) is 5.41 Å². The highest BCUT2D eigenvalue weighted by Crippen LogP contribution is 2.49. The lowest BCUT2D eigenvalue weighted by molar-refractivity contribution is -0.143. The van der Waals surface area contributed by atoms with Crippen molar-refractivity contribution in [1.29, 1.82) is 0 Å². The maximum atomic E-state index is 12.8. The number of rotatable bonds is 7. The molecule has 146 valence electrons. The number of hydrogen-bond donors (Lipinski definition) is 2. The Morgan fingerprint density at radius 1 is 1.30 bits per heavy atom. The number of aliphatic carboxylic acids is 1. The van der Waals surface area contributed by atoms with E-state index in [4.69, 9.17) is 4.74 Å². The number of nitrogens with one attached hydrogen (secondary N) is 1. The van der Waals surface area contributed by atoms with E-state index in [9.17, 15) is 19.5 Å². The van der Waals surface area contributed by atoms with Gasteiger partial charge in [-0.3, -0.25) is 9.59 Å². The number of likely N-dealkylation sites (tertiary alicyclic amines) is 1. The number of hydrogen-bond acceptors (Lipinski definition) is 4. The average Bonchev–Trinajstić information content (AvgIpc) is 3.47. The monoisotopic (exact) mass is 374 g/mol. The summed E-state index contributed by atoms with van der Waals surface area (Å²) < 4.78 is 5.09. The van der Waals surface area contributed by atoms with Crippen LogP contribution >= 0.6 is 0 Å². The van der Waals surface area contributed by atoms with E-state index in [1.807, 2.05) is 0 Å². The van der Waals surface area contributed by atoms with Gasteiger partial charge in [-0.15, -0.1) is 0 Å². The molecule has 1 heterocycles. The van der Waals surface area contributed by atoms with Crippen LogP contribution in [-0.2, 0) is 14.3 Å². The second kappa shape index (κ2) is 8.08. The Morgan fingerprint density at radius 3 is 2.74 bits per heavy atom. The van der Waals surface area contributed by atoms with Gasteiger partial charge in [0.15, 0.2) is 0 Å². The van der Waals surface area contributed by atoms with E-state index in [-0.39, 0.29) is 17.2 Å². The molecule has 1 aromatic rings. The molecule has 2 N–H and O–H groups in total. The van der Waals surface area contributed by atoms with Crippen molar-refractivity contribution in [1.82, 2.24) is 4.90 Å². The SMILES string of the molecule is COCCC1(C(=O)Nc2cccc(C(=O)N3CCCCC3C(=O)O)c2)CC1. The summed E-state index contributed by atoms with van der Waals surface area (Å²) in [5.41, 5.74) is 0.582. The zero-order valence-corrected chi connectivity index (χ0v) is 15.6. The fourth-order valence-corrected chi connectivity index (χ4v) is 3.63. The second-order valence-corrected chi connectivity index (χ2v) is 7.41. The number of methoxy groups -OCH3 is 1. The summed E-state index contributed by atoms with van der Waals surface area (Å²) in [6, 6.07) is 5.94. The molecule has 3 rings (SSSR count). The van der Waals surface area contributed by atoms with E-state index in [1.54, 1.807) is 31.4 Å². The smallest absolute Gasteiger partial charge is 0.326 e. The van der Waals surface area contributed by atoms with E-state index in [2.05, 4.69) is 5.32 Å². The molecular weight excluding hydrogens is 348 g/mol. The highest BCUT2D eigenvalue weighted by atomic mass is 16.5. The van der Waals surface area contributed by atoms with Crippen LogP contribution in [0.4, 0.5) is 5.69 Å². The molecule has 1 aliphatic heterocycles. The van der Waals surface area contributed by atoms with Gasteiger partial charge in [-0.25, -0.2) is 4.79 Å². The number of nitrogens with zero attached hydrogens (tertiary/aromatic N) is 1. The summed E-state index contributed by atoms with van der Waals surface area (Å²) in [7, 11) is 1.62. The van der Waals surface area contributed by atoms with Crippen LogP contribution < -0.4 is 5.32 Å². The molecule has 0 aromatic heterocycles. The Morgan fingerprint density at radius 2 is 2.07 bits per heavy atom. The van der Waals surface area contributed by atoms with Crippen molar-refractivity contribution in [3.8, 4) is 0 Å². The summed E-state index contributed by atoms with van der Waals surface area (Å²) in [4.78, 5) is 38.3. The fourth-order valence-electron chi connectivity index (χ4n) is 3.63. The van der Waals surface area contributed by atoms with E-state index < -0.39 is 12.0 Å². The molecule has 1 saturated carbocycles. The van der Waals surface area contributed by atoms with Crippen LogP contribution in [0, 0.1) is 5.41 Å². The number of carboxylic acids is 1. The normalized spacial score (nSPS) is 20.8. The van der Waals surface area contributed by atoms with Crippen molar-refractivity contribution in [2.45, 2.75) is 44.6 Å². The first-order valence-corrected chi connectivity index (χ1v) is 9.41. The molecule has 0 bridgehead atoms. The van der Waals surface area contributed by atoms with Crippen molar-refractivity contribution in [3.05, 3.63) is 29.8 Å². The summed E-state index contributed by atoms with van der Waals surface area (Å²) in [5.74, 6) is -1.33. The molecule has 7 nitrogen and oxygen atoms in total. The number of carbonyl (C=O) groups excluding carboxylic acids is 2. The minimum absolute atomic E-state index is 0.0504. The highest BCUT2D eigenvalue weighted by molar-refractivity contribution is 6.00. The summed E-state index contributed by atoms with van der Waals surface area (Å²) in [6.07, 6.45) is 4.44. The molecule has 1 atom stereocenters. The summed E-state index contributed by atoms with van der Waals surface area (Å²) in [5, 5.41) is 12.3. The third-order valence-electron chi connectivity index (χ3n) is 5.54. The zero-order valence-electron chi connectivity index (χ0n) is 15.6. The van der Waals surface area contributed by atoms with Crippen molar-refractivity contribution in [3.63, 3.8) is 0 Å². The standard InChI is InChI=1S/C20H26N2O5/c1-27-12-10-20(8-9-20)19(26)21-15-6-4-5-14(13-15)17(23)22-11-3-2-7-16(22)18(24)25/h4-6,13,16H,2-3,7-12H2,1H3,(H,21,26)(H,24,25). The van der Waals surface area contributed by atoms with Crippen molar-refractivity contribution in [2.24, 2.45) is 5.41 Å². The Balaban J connectivity index is 1.70. The molecule has 1 unspecified atom stereocenters. The third-order valence-corrected chi connectivity index (χ3v) is 5.54. The van der Waals surface area contributed by atoms with Gasteiger partial charge in [-0.05, 0) is 56.7 Å². The van der Waals surface area contributed by atoms with Gasteiger partial charge in [0.2, 0.25) is 5.91 Å². The largest absolute Gasteiger partial charge is 0.480 e. The fraction of sp³-hybridized carbons (Fsp3) is 0.550. The number of piperidine rings is 1. The van der Waals surface area contributed by atoms with Crippen LogP contribution in [0.25, 0.3) is 0 Å². The minimum atomic E-state index is -0.971. The maximum Gasteiger partial charge on any atom is 0.326 e. The van der Waals surface area contributed by atoms with Crippen LogP contribution in [0.5, 0.6) is 0 Å². The lowest BCUT2D eigenvalue weighted by Crippen LogP contribution is -2.48. The molecule has 7 heteroatoms. The molecule has 1 aliphatic carbocycles. The van der Waals surface area contributed by atoms with Crippen LogP contribution in [0.2, 0.25) is 0 Å². The summed E-state index contributed by atoms with van der Waals surface area (Å²) >= 11 is 0. The molecule has 1 saturated heterocycles. The van der Waals surface area contributed by atoms with Crippen molar-refractivity contribution >= 4 is 23.5 Å². The van der Waals surface area contributed by atoms with Gasteiger partial charge < -0.3 is 20.1 Å². The lowest BCUT2D eigenvalue weighted by Gasteiger charge is -2.33. The highest BCUT2D eigenvalue weighted by Gasteiger charge is 2.49. The molecule has 2 aliphatic rings. The predicted octanol–water partition coefficient (Wildman–Crippen LogP) is 2.52. The molecule has 1 aromatic carbocycles. The average molecular weight is 374 g/mol. The first-order valence-electron chi connectivity index (χ1n) is 9.41. The number of carbonyl (C=O) groups is 3. The number of carboxylic acid groups (broad SMARTS) is 1. The van der Waals surface area contributed by atoms with E-state index in [1.165, 1.54) is 4.90 Å². The van der Waals surface area contributed by atoms with E-state index in [0.717, 1.165) is 25.7 Å². The molecule has 0 spiro atoms. The molecule has 27 heavy (non-hydrogen) atoms. The van der Waals surface area contributed by atoms with Gasteiger partial charge in [-0.1, -0.05) is 6.07 Å². The number of benzene rings is 1. The number of amides is 2. The Labute approximate surface area is 158 Å². The van der Waals surface area contributed by atoms with Crippen LogP contribution in [0.3, 0.4) is 0 Å². The van der Waals surface area contributed by atoms with Crippen LogP contribution in [-0.4, -0.2) is 54.1 Å². The van der Waals surface area contributed by atoms with Crippen molar-refractivity contribution in [2.75, 3.05) is 25.6 Å².